The van der Waals surface area contributed by atoms with E-state index in [2.05, 4.69) is 4.98 Å². The van der Waals surface area contributed by atoms with E-state index in [1.807, 2.05) is 25.1 Å². The largest absolute Gasteiger partial charge is 0.496 e. The van der Waals surface area contributed by atoms with E-state index in [0.29, 0.717) is 17.7 Å². The van der Waals surface area contributed by atoms with Gasteiger partial charge in [0.15, 0.2) is 6.29 Å². The van der Waals surface area contributed by atoms with Gasteiger partial charge in [-0.05, 0) is 48.9 Å². The van der Waals surface area contributed by atoms with Gasteiger partial charge in [-0.25, -0.2) is 9.37 Å². The number of aromatic nitrogens is 2. The minimum Gasteiger partial charge on any atom is -0.496 e. The lowest BCUT2D eigenvalue weighted by atomic mass is 10.1. The molecule has 1 aromatic heterocycles. The van der Waals surface area contributed by atoms with Crippen molar-refractivity contribution in [2.24, 2.45) is 0 Å². The van der Waals surface area contributed by atoms with Gasteiger partial charge in [0, 0.05) is 17.4 Å². The van der Waals surface area contributed by atoms with Crippen molar-refractivity contribution in [2.45, 2.75) is 6.92 Å². The highest BCUT2D eigenvalue weighted by Crippen LogP contribution is 2.27. The molecule has 124 valence electrons. The van der Waals surface area contributed by atoms with Crippen LogP contribution < -0.4 is 4.74 Å². The lowest BCUT2D eigenvalue weighted by molar-refractivity contribution is 0.111. The van der Waals surface area contributed by atoms with Crippen LogP contribution in [0.15, 0.2) is 42.6 Å². The predicted molar refractivity (Wildman–Crippen MR) is 90.3 cm³/mol. The number of methoxy groups -OCH3 is 1. The summed E-state index contributed by atoms with van der Waals surface area (Å²) in [6.07, 6.45) is 2.22. The van der Waals surface area contributed by atoms with E-state index >= 15 is 0 Å². The Balaban J connectivity index is 2.17. The molecule has 0 saturated carbocycles. The Morgan fingerprint density at radius 2 is 2.08 bits per heavy atom. The molecule has 3 aromatic rings. The number of carbonyl (C=O) groups excluding carboxylic acids is 1. The molecular formula is C19H14FN3O2. The fourth-order valence-electron chi connectivity index (χ4n) is 2.61. The van der Waals surface area contributed by atoms with E-state index in [4.69, 9.17) is 10.00 Å². The predicted octanol–water partition coefficient (Wildman–Crippen LogP) is 3.68. The molecule has 0 aliphatic heterocycles. The summed E-state index contributed by atoms with van der Waals surface area (Å²) in [6.45, 7) is 1.90. The van der Waals surface area contributed by atoms with Gasteiger partial charge < -0.3 is 4.74 Å². The first-order valence-corrected chi connectivity index (χ1v) is 7.47. The van der Waals surface area contributed by atoms with Crippen molar-refractivity contribution in [3.63, 3.8) is 0 Å². The van der Waals surface area contributed by atoms with Crippen molar-refractivity contribution in [2.75, 3.05) is 7.11 Å². The Kier molecular flexibility index (Phi) is 4.31. The minimum atomic E-state index is -0.631. The van der Waals surface area contributed by atoms with Crippen LogP contribution in [0.3, 0.4) is 0 Å². The Morgan fingerprint density at radius 3 is 2.68 bits per heavy atom. The third-order valence-corrected chi connectivity index (χ3v) is 3.85. The zero-order valence-corrected chi connectivity index (χ0v) is 13.7. The van der Waals surface area contributed by atoms with E-state index < -0.39 is 5.82 Å². The van der Waals surface area contributed by atoms with Gasteiger partial charge in [-0.15, -0.1) is 0 Å². The monoisotopic (exact) mass is 335 g/mol. The number of carbonyl (C=O) groups is 1. The summed E-state index contributed by atoms with van der Waals surface area (Å²) in [5, 5.41) is 8.87. The van der Waals surface area contributed by atoms with Gasteiger partial charge in [0.2, 0.25) is 0 Å². The lowest BCUT2D eigenvalue weighted by Crippen LogP contribution is -1.98. The molecule has 5 nitrogen and oxygen atoms in total. The second-order valence-corrected chi connectivity index (χ2v) is 5.44. The third-order valence-electron chi connectivity index (χ3n) is 3.85. The number of halogens is 1. The first-order chi connectivity index (χ1) is 12.1. The Labute approximate surface area is 143 Å². The van der Waals surface area contributed by atoms with Crippen LogP contribution in [0.4, 0.5) is 4.39 Å². The molecule has 0 aliphatic carbocycles. The highest BCUT2D eigenvalue weighted by molar-refractivity contribution is 5.74. The van der Waals surface area contributed by atoms with Crippen molar-refractivity contribution >= 4 is 6.29 Å². The average molecular weight is 335 g/mol. The van der Waals surface area contributed by atoms with E-state index in [1.54, 1.807) is 30.0 Å². The molecule has 0 N–H and O–H groups in total. The van der Waals surface area contributed by atoms with Crippen LogP contribution >= 0.6 is 0 Å². The maximum Gasteiger partial charge on any atom is 0.170 e. The van der Waals surface area contributed by atoms with Crippen LogP contribution in [-0.2, 0) is 0 Å². The molecule has 0 amide bonds. The summed E-state index contributed by atoms with van der Waals surface area (Å²) in [5.74, 6) is 0.522. The number of rotatable bonds is 4. The van der Waals surface area contributed by atoms with Gasteiger partial charge >= 0.3 is 0 Å². The number of hydrogen-bond donors (Lipinski definition) is 0. The van der Waals surface area contributed by atoms with Gasteiger partial charge in [0.1, 0.15) is 29.2 Å². The summed E-state index contributed by atoms with van der Waals surface area (Å²) in [5.41, 5.74) is 2.33. The number of hydrogen-bond acceptors (Lipinski definition) is 4. The first kappa shape index (κ1) is 16.4. The maximum absolute atomic E-state index is 14.0. The molecule has 6 heteroatoms. The molecule has 0 spiro atoms. The molecule has 0 fully saturated rings. The van der Waals surface area contributed by atoms with Crippen LogP contribution in [0.2, 0.25) is 0 Å². The smallest absolute Gasteiger partial charge is 0.170 e. The molecule has 0 radical (unpaired) electrons. The summed E-state index contributed by atoms with van der Waals surface area (Å²) < 4.78 is 20.9. The van der Waals surface area contributed by atoms with Crippen molar-refractivity contribution in [3.8, 4) is 28.9 Å². The van der Waals surface area contributed by atoms with Crippen LogP contribution in [0.25, 0.3) is 17.1 Å². The lowest BCUT2D eigenvalue weighted by Gasteiger charge is -2.11. The normalized spacial score (nSPS) is 10.3. The second-order valence-electron chi connectivity index (χ2n) is 5.44. The molecule has 25 heavy (non-hydrogen) atoms. The SMILES string of the molecule is COc1ccc(-n2cc(C=O)nc2-c2ccc(C#N)c(F)c2)cc1C. The number of ether oxygens (including phenoxy) is 1. The van der Waals surface area contributed by atoms with E-state index in [9.17, 15) is 9.18 Å². The van der Waals surface area contributed by atoms with Gasteiger partial charge in [-0.1, -0.05) is 0 Å². The Bertz CT molecular complexity index is 1000. The summed E-state index contributed by atoms with van der Waals surface area (Å²) in [6, 6.07) is 11.5. The zero-order chi connectivity index (χ0) is 18.0. The Hall–Kier alpha value is -3.46. The Morgan fingerprint density at radius 1 is 1.28 bits per heavy atom. The molecule has 0 aliphatic rings. The van der Waals surface area contributed by atoms with Crippen molar-refractivity contribution in [1.82, 2.24) is 9.55 Å². The molecule has 0 saturated heterocycles. The summed E-state index contributed by atoms with van der Waals surface area (Å²) in [4.78, 5) is 15.4. The fourth-order valence-corrected chi connectivity index (χ4v) is 2.61. The van der Waals surface area contributed by atoms with E-state index in [-0.39, 0.29) is 11.3 Å². The number of benzene rings is 2. The number of imidazole rings is 1. The molecule has 3 rings (SSSR count). The number of aryl methyl sites for hydroxylation is 1. The summed E-state index contributed by atoms with van der Waals surface area (Å²) >= 11 is 0. The second kappa shape index (κ2) is 6.57. The van der Waals surface area contributed by atoms with Crippen molar-refractivity contribution < 1.29 is 13.9 Å². The molecule has 2 aromatic carbocycles. The molecule has 0 atom stereocenters. The van der Waals surface area contributed by atoms with Crippen molar-refractivity contribution in [1.29, 1.82) is 5.26 Å². The molecule has 0 unspecified atom stereocenters. The zero-order valence-electron chi connectivity index (χ0n) is 13.7. The van der Waals surface area contributed by atoms with Crippen LogP contribution in [0, 0.1) is 24.1 Å². The molecule has 0 bridgehead atoms. The minimum absolute atomic E-state index is 0.0437. The van der Waals surface area contributed by atoms with Crippen LogP contribution in [-0.4, -0.2) is 22.9 Å². The number of nitriles is 1. The van der Waals surface area contributed by atoms with Gasteiger partial charge in [-0.2, -0.15) is 5.26 Å². The van der Waals surface area contributed by atoms with E-state index in [0.717, 1.165) is 17.0 Å². The maximum atomic E-state index is 14.0. The highest BCUT2D eigenvalue weighted by Gasteiger charge is 2.14. The van der Waals surface area contributed by atoms with Crippen LogP contribution in [0.1, 0.15) is 21.6 Å². The van der Waals surface area contributed by atoms with Crippen LogP contribution in [0.5, 0.6) is 5.75 Å². The van der Waals surface area contributed by atoms with E-state index in [1.165, 1.54) is 12.1 Å². The number of nitrogens with zero attached hydrogens (tertiary/aromatic N) is 3. The number of aldehydes is 1. The quantitative estimate of drug-likeness (QED) is 0.682. The van der Waals surface area contributed by atoms with Gasteiger partial charge in [-0.3, -0.25) is 9.36 Å². The summed E-state index contributed by atoms with van der Waals surface area (Å²) in [7, 11) is 1.59. The first-order valence-electron chi connectivity index (χ1n) is 7.47. The highest BCUT2D eigenvalue weighted by atomic mass is 19.1. The standard InChI is InChI=1S/C19H14FN3O2/c1-12-7-16(5-6-18(12)25-2)23-10-15(11-24)22-19(23)13-3-4-14(9-21)17(20)8-13/h3-8,10-11H,1-2H3. The molecule has 1 heterocycles. The topological polar surface area (TPSA) is 67.9 Å². The third kappa shape index (κ3) is 3.00. The fraction of sp³-hybridized carbons (Fsp3) is 0.105. The molecular weight excluding hydrogens is 321 g/mol. The van der Waals surface area contributed by atoms with Gasteiger partial charge in [0.05, 0.1) is 12.7 Å². The average Bonchev–Trinajstić information content (AvgIpc) is 3.06. The van der Waals surface area contributed by atoms with Gasteiger partial charge in [0.25, 0.3) is 0 Å². The van der Waals surface area contributed by atoms with Crippen molar-refractivity contribution in [3.05, 3.63) is 65.2 Å².